The van der Waals surface area contributed by atoms with Gasteiger partial charge in [-0.15, -0.1) is 11.3 Å². The zero-order valence-corrected chi connectivity index (χ0v) is 19.2. The molecule has 1 aromatic heterocycles. The Morgan fingerprint density at radius 1 is 1.21 bits per heavy atom. The second-order valence-corrected chi connectivity index (χ2v) is 8.92. The summed E-state index contributed by atoms with van der Waals surface area (Å²) in [6, 6.07) is 7.67. The molecule has 2 saturated heterocycles. The zero-order chi connectivity index (χ0) is 24.4. The molecule has 1 N–H and O–H groups in total. The molecule has 2 aliphatic rings. The van der Waals surface area contributed by atoms with E-state index in [2.05, 4.69) is 0 Å². The summed E-state index contributed by atoms with van der Waals surface area (Å²) in [5.41, 5.74) is 0.0107. The Morgan fingerprint density at radius 2 is 1.88 bits per heavy atom. The van der Waals surface area contributed by atoms with Crippen LogP contribution in [0.3, 0.4) is 0 Å². The van der Waals surface area contributed by atoms with Crippen LogP contribution in [0.25, 0.3) is 5.76 Å². The lowest BCUT2D eigenvalue weighted by Crippen LogP contribution is -2.48. The fourth-order valence-electron chi connectivity index (χ4n) is 4.39. The third kappa shape index (κ3) is 4.26. The number of Topliss-reactive ketones (excluding diaryl/α,β-unsaturated/α-hetero) is 1. The lowest BCUT2D eigenvalue weighted by atomic mass is 9.97. The largest absolute Gasteiger partial charge is 0.507 e. The highest BCUT2D eigenvalue weighted by Crippen LogP contribution is 2.43. The number of amides is 2. The maximum atomic E-state index is 13.2. The van der Waals surface area contributed by atoms with Crippen LogP contribution in [0.15, 0.2) is 47.4 Å². The van der Waals surface area contributed by atoms with Crippen molar-refractivity contribution in [2.75, 3.05) is 19.7 Å². The number of nitro groups is 1. The van der Waals surface area contributed by atoms with Crippen molar-refractivity contribution in [3.8, 4) is 0 Å². The monoisotopic (exact) mass is 485 g/mol. The van der Waals surface area contributed by atoms with Crippen LogP contribution >= 0.6 is 11.3 Å². The van der Waals surface area contributed by atoms with Crippen molar-refractivity contribution in [3.05, 3.63) is 67.9 Å². The van der Waals surface area contributed by atoms with Crippen LogP contribution in [0.4, 0.5) is 10.5 Å². The Kier molecular flexibility index (Phi) is 6.64. The quantitative estimate of drug-likeness (QED) is 0.225. The van der Waals surface area contributed by atoms with Crippen molar-refractivity contribution in [1.82, 2.24) is 9.80 Å². The van der Waals surface area contributed by atoms with Crippen molar-refractivity contribution in [1.29, 1.82) is 0 Å². The SMILES string of the molecule is CCOC(=O)N1CCC(N2C(=O)C(=O)/C(=C(\O)c3ccc([N+](=O)[O-])cc3)C2c2cccs2)CC1. The number of carbonyl (C=O) groups is 3. The van der Waals surface area contributed by atoms with Crippen molar-refractivity contribution < 1.29 is 29.2 Å². The Bertz CT molecular complexity index is 1140. The summed E-state index contributed by atoms with van der Waals surface area (Å²) in [4.78, 5) is 52.5. The molecule has 0 spiro atoms. The number of carbonyl (C=O) groups excluding carboxylic acids is 3. The Labute approximate surface area is 199 Å². The van der Waals surface area contributed by atoms with Crippen molar-refractivity contribution in [3.63, 3.8) is 0 Å². The smallest absolute Gasteiger partial charge is 0.409 e. The molecular weight excluding hydrogens is 462 g/mol. The molecule has 1 aromatic carbocycles. The Hall–Kier alpha value is -3.73. The summed E-state index contributed by atoms with van der Waals surface area (Å²) in [6.07, 6.45) is 0.521. The first kappa shape index (κ1) is 23.4. The van der Waals surface area contributed by atoms with E-state index >= 15 is 0 Å². The number of nitrogens with zero attached hydrogens (tertiary/aromatic N) is 3. The number of thiophene rings is 1. The normalized spacial score (nSPS) is 20.6. The molecule has 2 aromatic rings. The van der Waals surface area contributed by atoms with E-state index in [1.165, 1.54) is 40.5 Å². The summed E-state index contributed by atoms with van der Waals surface area (Å²) in [7, 11) is 0. The highest BCUT2D eigenvalue weighted by Gasteiger charge is 2.49. The highest BCUT2D eigenvalue weighted by molar-refractivity contribution is 7.10. The zero-order valence-electron chi connectivity index (χ0n) is 18.4. The number of rotatable bonds is 5. The predicted molar refractivity (Wildman–Crippen MR) is 123 cm³/mol. The minimum absolute atomic E-state index is 0.0471. The van der Waals surface area contributed by atoms with Crippen LogP contribution in [0.2, 0.25) is 0 Å². The fraction of sp³-hybridized carbons (Fsp3) is 0.348. The summed E-state index contributed by atoms with van der Waals surface area (Å²) >= 11 is 1.36. The second-order valence-electron chi connectivity index (χ2n) is 7.94. The molecule has 11 heteroatoms. The van der Waals surface area contributed by atoms with E-state index in [-0.39, 0.29) is 35.2 Å². The van der Waals surface area contributed by atoms with Gasteiger partial charge in [-0.3, -0.25) is 19.7 Å². The van der Waals surface area contributed by atoms with Crippen LogP contribution in [-0.2, 0) is 14.3 Å². The van der Waals surface area contributed by atoms with Crippen molar-refractivity contribution in [2.24, 2.45) is 0 Å². The average molecular weight is 486 g/mol. The third-order valence-electron chi connectivity index (χ3n) is 6.03. The number of hydrogen-bond acceptors (Lipinski definition) is 8. The van der Waals surface area contributed by atoms with Gasteiger partial charge in [-0.25, -0.2) is 4.79 Å². The molecule has 2 fully saturated rings. The number of likely N-dealkylation sites (tertiary alicyclic amines) is 2. The Balaban J connectivity index is 1.68. The molecule has 10 nitrogen and oxygen atoms in total. The van der Waals surface area contributed by atoms with E-state index in [1.54, 1.807) is 24.0 Å². The van der Waals surface area contributed by atoms with Gasteiger partial charge in [-0.1, -0.05) is 6.07 Å². The van der Waals surface area contributed by atoms with Gasteiger partial charge in [0.15, 0.2) is 0 Å². The summed E-state index contributed by atoms with van der Waals surface area (Å²) < 4.78 is 5.05. The van der Waals surface area contributed by atoms with Gasteiger partial charge in [-0.05, 0) is 43.3 Å². The minimum atomic E-state index is -0.804. The number of non-ortho nitro benzene ring substituents is 1. The molecule has 1 atom stereocenters. The molecule has 0 radical (unpaired) electrons. The van der Waals surface area contributed by atoms with E-state index in [9.17, 15) is 29.6 Å². The summed E-state index contributed by atoms with van der Waals surface area (Å²) in [6.45, 7) is 2.77. The van der Waals surface area contributed by atoms with Gasteiger partial charge in [-0.2, -0.15) is 0 Å². The van der Waals surface area contributed by atoms with E-state index < -0.39 is 28.7 Å². The average Bonchev–Trinajstić information content (AvgIpc) is 3.46. The van der Waals surface area contributed by atoms with E-state index in [0.717, 1.165) is 4.88 Å². The molecule has 0 saturated carbocycles. The predicted octanol–water partition coefficient (Wildman–Crippen LogP) is 3.70. The number of aliphatic hydroxyl groups excluding tert-OH is 1. The molecule has 2 amide bonds. The molecule has 2 aliphatic heterocycles. The van der Waals surface area contributed by atoms with Crippen LogP contribution in [0, 0.1) is 10.1 Å². The summed E-state index contributed by atoms with van der Waals surface area (Å²) in [5.74, 6) is -1.89. The van der Waals surface area contributed by atoms with Crippen LogP contribution < -0.4 is 0 Å². The second kappa shape index (κ2) is 9.64. The van der Waals surface area contributed by atoms with Gasteiger partial charge in [0.1, 0.15) is 5.76 Å². The fourth-order valence-corrected chi connectivity index (χ4v) is 5.22. The number of nitro benzene ring substituents is 1. The maximum absolute atomic E-state index is 13.2. The van der Waals surface area contributed by atoms with Crippen molar-refractivity contribution in [2.45, 2.75) is 31.8 Å². The molecule has 1 unspecified atom stereocenters. The van der Waals surface area contributed by atoms with E-state index in [4.69, 9.17) is 4.74 Å². The third-order valence-corrected chi connectivity index (χ3v) is 6.95. The van der Waals surface area contributed by atoms with Gasteiger partial charge < -0.3 is 19.6 Å². The van der Waals surface area contributed by atoms with Gasteiger partial charge in [0.2, 0.25) is 0 Å². The molecule has 0 bridgehead atoms. The molecule has 3 heterocycles. The minimum Gasteiger partial charge on any atom is -0.507 e. The Morgan fingerprint density at radius 3 is 2.44 bits per heavy atom. The van der Waals surface area contributed by atoms with Gasteiger partial charge in [0, 0.05) is 41.7 Å². The first-order chi connectivity index (χ1) is 16.3. The van der Waals surface area contributed by atoms with Gasteiger partial charge >= 0.3 is 6.09 Å². The molecule has 4 rings (SSSR count). The van der Waals surface area contributed by atoms with E-state index in [0.29, 0.717) is 25.9 Å². The molecule has 0 aliphatic carbocycles. The number of ether oxygens (including phenoxy) is 1. The maximum Gasteiger partial charge on any atom is 0.409 e. The first-order valence-electron chi connectivity index (χ1n) is 10.8. The first-order valence-corrected chi connectivity index (χ1v) is 11.7. The van der Waals surface area contributed by atoms with Gasteiger partial charge in [0.25, 0.3) is 17.4 Å². The highest BCUT2D eigenvalue weighted by atomic mass is 32.1. The van der Waals surface area contributed by atoms with Crippen LogP contribution in [0.5, 0.6) is 0 Å². The van der Waals surface area contributed by atoms with Crippen molar-refractivity contribution >= 4 is 40.6 Å². The lowest BCUT2D eigenvalue weighted by Gasteiger charge is -2.38. The number of benzene rings is 1. The number of hydrogen-bond donors (Lipinski definition) is 1. The topological polar surface area (TPSA) is 130 Å². The molecular formula is C23H23N3O7S. The number of aliphatic hydroxyl groups is 1. The summed E-state index contributed by atoms with van der Waals surface area (Å²) in [5, 5.41) is 23.8. The van der Waals surface area contributed by atoms with Crippen LogP contribution in [-0.4, -0.2) is 63.4 Å². The standard InChI is InChI=1S/C23H23N3O7S/c1-2-33-23(30)24-11-9-15(10-12-24)25-19(17-4-3-13-34-17)18(21(28)22(25)29)20(27)14-5-7-16(8-6-14)26(31)32/h3-8,13,15,19,27H,2,9-12H2,1H3/b20-18-. The van der Waals surface area contributed by atoms with Gasteiger partial charge in [0.05, 0.1) is 23.1 Å². The van der Waals surface area contributed by atoms with E-state index in [1.807, 2.05) is 5.38 Å². The molecule has 34 heavy (non-hydrogen) atoms. The van der Waals surface area contributed by atoms with Crippen LogP contribution in [0.1, 0.15) is 36.2 Å². The lowest BCUT2D eigenvalue weighted by molar-refractivity contribution is -0.384. The molecule has 178 valence electrons. The number of ketones is 1. The number of piperidine rings is 1.